The minimum Gasteiger partial charge on any atom is -0.312 e. The van der Waals surface area contributed by atoms with Gasteiger partial charge in [-0.15, -0.1) is 0 Å². The van der Waals surface area contributed by atoms with Crippen LogP contribution in [0.5, 0.6) is 0 Å². The number of rotatable bonds is 2. The zero-order chi connectivity index (χ0) is 4.99. The standard InChI is InChI=1S/C4H10N2/c1-6(2)4-3-5/h3,5H,4H2,1-2H3. The van der Waals surface area contributed by atoms with Gasteiger partial charge in [-0.05, 0) is 14.1 Å². The van der Waals surface area contributed by atoms with Crippen LogP contribution >= 0.6 is 0 Å². The minimum absolute atomic E-state index is 0.750. The van der Waals surface area contributed by atoms with Gasteiger partial charge in [-0.3, -0.25) is 0 Å². The Bertz CT molecular complexity index is 40.8. The van der Waals surface area contributed by atoms with E-state index in [4.69, 9.17) is 5.41 Å². The van der Waals surface area contributed by atoms with Crippen molar-refractivity contribution < 1.29 is 0 Å². The van der Waals surface area contributed by atoms with Gasteiger partial charge in [0.2, 0.25) is 0 Å². The quantitative estimate of drug-likeness (QED) is 0.477. The lowest BCUT2D eigenvalue weighted by Gasteiger charge is -2.00. The van der Waals surface area contributed by atoms with Crippen LogP contribution in [0.25, 0.3) is 0 Å². The summed E-state index contributed by atoms with van der Waals surface area (Å²) in [6, 6.07) is 0. The maximum Gasteiger partial charge on any atom is 0.0324 e. The summed E-state index contributed by atoms with van der Waals surface area (Å²) >= 11 is 0. The van der Waals surface area contributed by atoms with Gasteiger partial charge in [0.25, 0.3) is 0 Å². The van der Waals surface area contributed by atoms with Crippen molar-refractivity contribution in [3.05, 3.63) is 0 Å². The number of nitrogens with zero attached hydrogens (tertiary/aromatic N) is 1. The third kappa shape index (κ3) is 3.63. The van der Waals surface area contributed by atoms with Crippen LogP contribution in [-0.2, 0) is 0 Å². The van der Waals surface area contributed by atoms with Gasteiger partial charge < -0.3 is 10.3 Å². The molecule has 0 aromatic rings. The Labute approximate surface area is 38.3 Å². The van der Waals surface area contributed by atoms with Gasteiger partial charge in [0, 0.05) is 12.8 Å². The van der Waals surface area contributed by atoms with Crippen molar-refractivity contribution in [1.29, 1.82) is 5.41 Å². The predicted molar refractivity (Wildman–Crippen MR) is 27.3 cm³/mol. The van der Waals surface area contributed by atoms with Crippen LogP contribution < -0.4 is 0 Å². The first-order valence-electron chi connectivity index (χ1n) is 1.91. The molecule has 0 radical (unpaired) electrons. The molecule has 0 amide bonds. The molecule has 0 spiro atoms. The molecule has 0 bridgehead atoms. The fourth-order valence-corrected chi connectivity index (χ4v) is 0.183. The van der Waals surface area contributed by atoms with Gasteiger partial charge in [0.05, 0.1) is 0 Å². The van der Waals surface area contributed by atoms with Crippen LogP contribution in [0.2, 0.25) is 0 Å². The molecule has 0 unspecified atom stereocenters. The average Bonchev–Trinajstić information content (AvgIpc) is 1.35. The molecule has 2 heteroatoms. The van der Waals surface area contributed by atoms with Gasteiger partial charge in [-0.25, -0.2) is 0 Å². The normalized spacial score (nSPS) is 9.17. The molecule has 0 aromatic carbocycles. The van der Waals surface area contributed by atoms with Crippen molar-refractivity contribution in [2.45, 2.75) is 0 Å². The lowest BCUT2D eigenvalue weighted by atomic mass is 10.7. The Hall–Kier alpha value is -0.370. The Morgan fingerprint density at radius 1 is 1.67 bits per heavy atom. The van der Waals surface area contributed by atoms with Crippen LogP contribution in [0, 0.1) is 5.41 Å². The largest absolute Gasteiger partial charge is 0.312 e. The summed E-state index contributed by atoms with van der Waals surface area (Å²) in [5.41, 5.74) is 0. The topological polar surface area (TPSA) is 27.1 Å². The van der Waals surface area contributed by atoms with Crippen molar-refractivity contribution >= 4 is 6.21 Å². The summed E-state index contributed by atoms with van der Waals surface area (Å²) in [5, 5.41) is 6.57. The maximum atomic E-state index is 6.57. The lowest BCUT2D eigenvalue weighted by Crippen LogP contribution is -2.12. The summed E-state index contributed by atoms with van der Waals surface area (Å²) in [5.74, 6) is 0. The summed E-state index contributed by atoms with van der Waals surface area (Å²) in [6.07, 6.45) is 1.38. The molecule has 0 aromatic heterocycles. The van der Waals surface area contributed by atoms with Crippen molar-refractivity contribution in [1.82, 2.24) is 4.90 Å². The highest BCUT2D eigenvalue weighted by Gasteiger charge is 1.76. The Kier molecular flexibility index (Phi) is 2.67. The molecule has 0 saturated carbocycles. The van der Waals surface area contributed by atoms with Gasteiger partial charge >= 0.3 is 0 Å². The zero-order valence-electron chi connectivity index (χ0n) is 4.23. The van der Waals surface area contributed by atoms with Gasteiger partial charge in [0.15, 0.2) is 0 Å². The second kappa shape index (κ2) is 2.85. The lowest BCUT2D eigenvalue weighted by molar-refractivity contribution is 0.473. The number of hydrogen-bond donors (Lipinski definition) is 1. The maximum absolute atomic E-state index is 6.57. The van der Waals surface area contributed by atoms with E-state index in [0.717, 1.165) is 6.54 Å². The zero-order valence-corrected chi connectivity index (χ0v) is 4.23. The van der Waals surface area contributed by atoms with Gasteiger partial charge in [-0.1, -0.05) is 0 Å². The molecule has 0 aliphatic rings. The average molecular weight is 86.1 g/mol. The first kappa shape index (κ1) is 5.63. The summed E-state index contributed by atoms with van der Waals surface area (Å²) in [7, 11) is 3.87. The first-order chi connectivity index (χ1) is 2.77. The van der Waals surface area contributed by atoms with E-state index in [1.165, 1.54) is 6.21 Å². The molecule has 2 nitrogen and oxygen atoms in total. The SMILES string of the molecule is CN(C)CC=N. The number of hydrogen-bond acceptors (Lipinski definition) is 2. The van der Waals surface area contributed by atoms with Gasteiger partial charge in [0.1, 0.15) is 0 Å². The number of nitrogens with one attached hydrogen (secondary N) is 1. The minimum atomic E-state index is 0.750. The molecule has 0 rings (SSSR count). The molecule has 0 fully saturated rings. The Balaban J connectivity index is 2.81. The molecular weight excluding hydrogens is 76.1 g/mol. The highest BCUT2D eigenvalue weighted by molar-refractivity contribution is 5.55. The molecular formula is C4H10N2. The second-order valence-corrected chi connectivity index (χ2v) is 1.47. The van der Waals surface area contributed by atoms with Crippen LogP contribution in [0.15, 0.2) is 0 Å². The molecule has 6 heavy (non-hydrogen) atoms. The van der Waals surface area contributed by atoms with E-state index in [-0.39, 0.29) is 0 Å². The Morgan fingerprint density at radius 3 is 2.17 bits per heavy atom. The molecule has 0 atom stereocenters. The molecule has 0 saturated heterocycles. The van der Waals surface area contributed by atoms with Crippen molar-refractivity contribution in [3.63, 3.8) is 0 Å². The van der Waals surface area contributed by atoms with Crippen molar-refractivity contribution in [2.75, 3.05) is 20.6 Å². The monoisotopic (exact) mass is 86.1 g/mol. The molecule has 1 N–H and O–H groups in total. The van der Waals surface area contributed by atoms with Crippen molar-refractivity contribution in [3.8, 4) is 0 Å². The highest BCUT2D eigenvalue weighted by Crippen LogP contribution is 1.62. The van der Waals surface area contributed by atoms with Crippen LogP contribution in [-0.4, -0.2) is 31.8 Å². The fourth-order valence-electron chi connectivity index (χ4n) is 0.183. The van der Waals surface area contributed by atoms with E-state index in [2.05, 4.69) is 0 Å². The van der Waals surface area contributed by atoms with Crippen LogP contribution in [0.4, 0.5) is 0 Å². The molecule has 36 valence electrons. The van der Waals surface area contributed by atoms with E-state index in [9.17, 15) is 0 Å². The van der Waals surface area contributed by atoms with E-state index < -0.39 is 0 Å². The summed E-state index contributed by atoms with van der Waals surface area (Å²) < 4.78 is 0. The van der Waals surface area contributed by atoms with E-state index in [1.807, 2.05) is 19.0 Å². The molecule has 0 heterocycles. The highest BCUT2D eigenvalue weighted by atomic mass is 15.0. The van der Waals surface area contributed by atoms with Crippen LogP contribution in [0.3, 0.4) is 0 Å². The van der Waals surface area contributed by atoms with Gasteiger partial charge in [-0.2, -0.15) is 0 Å². The second-order valence-electron chi connectivity index (χ2n) is 1.47. The van der Waals surface area contributed by atoms with Crippen molar-refractivity contribution in [2.24, 2.45) is 0 Å². The van der Waals surface area contributed by atoms with Crippen LogP contribution in [0.1, 0.15) is 0 Å². The summed E-state index contributed by atoms with van der Waals surface area (Å²) in [6.45, 7) is 0.750. The Morgan fingerprint density at radius 2 is 2.17 bits per heavy atom. The third-order valence-electron chi connectivity index (χ3n) is 0.456. The van der Waals surface area contributed by atoms with E-state index in [1.54, 1.807) is 0 Å². The van der Waals surface area contributed by atoms with E-state index >= 15 is 0 Å². The summed E-state index contributed by atoms with van der Waals surface area (Å²) in [4.78, 5) is 1.94. The predicted octanol–water partition coefficient (Wildman–Crippen LogP) is 0.198. The molecule has 0 aliphatic heterocycles. The smallest absolute Gasteiger partial charge is 0.0324 e. The van der Waals surface area contributed by atoms with E-state index in [0.29, 0.717) is 0 Å². The molecule has 0 aliphatic carbocycles. The fraction of sp³-hybridized carbons (Fsp3) is 0.750. The third-order valence-corrected chi connectivity index (χ3v) is 0.456. The first-order valence-corrected chi connectivity index (χ1v) is 1.91.